The lowest BCUT2D eigenvalue weighted by molar-refractivity contribution is -0.0276. The summed E-state index contributed by atoms with van der Waals surface area (Å²) in [6.45, 7) is 5.42. The molecule has 2 aromatic heterocycles. The Kier molecular flexibility index (Phi) is 3.84. The Labute approximate surface area is 139 Å². The molecule has 128 valence electrons. The molecular formula is C16H21N5O3. The van der Waals surface area contributed by atoms with E-state index in [0.717, 1.165) is 18.5 Å². The van der Waals surface area contributed by atoms with Gasteiger partial charge in [-0.3, -0.25) is 9.89 Å². The third kappa shape index (κ3) is 2.82. The van der Waals surface area contributed by atoms with E-state index in [1.165, 1.54) is 0 Å². The molecule has 4 rings (SSSR count). The predicted molar refractivity (Wildman–Crippen MR) is 83.5 cm³/mol. The fourth-order valence-electron chi connectivity index (χ4n) is 2.92. The predicted octanol–water partition coefficient (Wildman–Crippen LogP) is 2.01. The normalized spacial score (nSPS) is 21.5. The molecule has 24 heavy (non-hydrogen) atoms. The molecule has 0 aromatic carbocycles. The van der Waals surface area contributed by atoms with E-state index in [0.29, 0.717) is 42.9 Å². The van der Waals surface area contributed by atoms with Gasteiger partial charge in [0.25, 0.3) is 5.91 Å². The minimum absolute atomic E-state index is 0.00784. The topological polar surface area (TPSA) is 97.1 Å². The first kappa shape index (κ1) is 15.3. The zero-order valence-electron chi connectivity index (χ0n) is 13.9. The van der Waals surface area contributed by atoms with Gasteiger partial charge in [0.1, 0.15) is 6.10 Å². The van der Waals surface area contributed by atoms with Crippen molar-refractivity contribution in [1.29, 1.82) is 0 Å². The molecule has 2 aromatic rings. The van der Waals surface area contributed by atoms with Gasteiger partial charge >= 0.3 is 0 Å². The van der Waals surface area contributed by atoms with Gasteiger partial charge in [0, 0.05) is 18.4 Å². The number of morpholine rings is 1. The number of nitrogens with zero attached hydrogens (tertiary/aromatic N) is 4. The van der Waals surface area contributed by atoms with Crippen molar-refractivity contribution in [2.24, 2.45) is 0 Å². The molecule has 1 atom stereocenters. The van der Waals surface area contributed by atoms with Crippen LogP contribution in [0.4, 0.5) is 0 Å². The quantitative estimate of drug-likeness (QED) is 0.920. The number of rotatable bonds is 4. The molecule has 1 aliphatic heterocycles. The van der Waals surface area contributed by atoms with Crippen LogP contribution in [0.5, 0.6) is 0 Å². The number of hydrogen-bond donors (Lipinski definition) is 1. The number of carbonyl (C=O) groups excluding carboxylic acids is 1. The highest BCUT2D eigenvalue weighted by Crippen LogP contribution is 2.40. The zero-order valence-corrected chi connectivity index (χ0v) is 13.9. The lowest BCUT2D eigenvalue weighted by Crippen LogP contribution is -2.42. The summed E-state index contributed by atoms with van der Waals surface area (Å²) in [5.74, 6) is 1.70. The summed E-state index contributed by atoms with van der Waals surface area (Å²) in [7, 11) is 0. The fourth-order valence-corrected chi connectivity index (χ4v) is 2.92. The summed E-state index contributed by atoms with van der Waals surface area (Å²) >= 11 is 0. The van der Waals surface area contributed by atoms with Crippen molar-refractivity contribution in [3.8, 4) is 0 Å². The first-order valence-electron chi connectivity index (χ1n) is 8.41. The monoisotopic (exact) mass is 331 g/mol. The smallest absolute Gasteiger partial charge is 0.257 e. The van der Waals surface area contributed by atoms with Gasteiger partial charge in [0.2, 0.25) is 11.7 Å². The van der Waals surface area contributed by atoms with Gasteiger partial charge in [-0.1, -0.05) is 19.0 Å². The van der Waals surface area contributed by atoms with Gasteiger partial charge in [0.15, 0.2) is 0 Å². The average Bonchev–Trinajstić information content (AvgIpc) is 3.13. The highest BCUT2D eigenvalue weighted by molar-refractivity contribution is 5.95. The summed E-state index contributed by atoms with van der Waals surface area (Å²) in [5, 5.41) is 11.0. The van der Waals surface area contributed by atoms with Gasteiger partial charge in [-0.25, -0.2) is 0 Å². The van der Waals surface area contributed by atoms with Crippen LogP contribution in [0.3, 0.4) is 0 Å². The van der Waals surface area contributed by atoms with Crippen molar-refractivity contribution < 1.29 is 14.1 Å². The lowest BCUT2D eigenvalue weighted by Gasteiger charge is -2.31. The lowest BCUT2D eigenvalue weighted by atomic mass is 10.1. The molecular weight excluding hydrogens is 310 g/mol. The standard InChI is InChI=1S/C16H21N5O3/c1-9(2)15-18-14(20-24-15)12-8-21(5-6-23-12)16(22)11-7-17-19-13(11)10-3-4-10/h7,9-10,12H,3-6,8H2,1-2H3,(H,17,19). The maximum absolute atomic E-state index is 12.9. The van der Waals surface area contributed by atoms with Crippen LogP contribution < -0.4 is 0 Å². The molecule has 2 fully saturated rings. The first-order chi connectivity index (χ1) is 11.6. The molecule has 0 bridgehead atoms. The minimum atomic E-state index is -0.352. The molecule has 8 nitrogen and oxygen atoms in total. The van der Waals surface area contributed by atoms with Gasteiger partial charge in [-0.05, 0) is 12.8 Å². The van der Waals surface area contributed by atoms with E-state index in [-0.39, 0.29) is 17.9 Å². The number of nitrogens with one attached hydrogen (secondary N) is 1. The number of hydrogen-bond acceptors (Lipinski definition) is 6. The van der Waals surface area contributed by atoms with Crippen LogP contribution in [-0.4, -0.2) is 50.8 Å². The van der Waals surface area contributed by atoms with Crippen LogP contribution in [-0.2, 0) is 4.74 Å². The van der Waals surface area contributed by atoms with Crippen molar-refractivity contribution in [2.45, 2.75) is 44.6 Å². The van der Waals surface area contributed by atoms with Gasteiger partial charge in [0.05, 0.1) is 30.6 Å². The summed E-state index contributed by atoms with van der Waals surface area (Å²) in [4.78, 5) is 19.0. The molecule has 0 radical (unpaired) electrons. The molecule has 3 heterocycles. The third-order valence-electron chi connectivity index (χ3n) is 4.48. The van der Waals surface area contributed by atoms with Crippen LogP contribution >= 0.6 is 0 Å². The van der Waals surface area contributed by atoms with E-state index in [2.05, 4.69) is 20.3 Å². The Hall–Kier alpha value is -2.22. The Morgan fingerprint density at radius 1 is 1.42 bits per heavy atom. The van der Waals surface area contributed by atoms with Crippen LogP contribution in [0.15, 0.2) is 10.7 Å². The van der Waals surface area contributed by atoms with E-state index in [1.54, 1.807) is 11.1 Å². The zero-order chi connectivity index (χ0) is 16.7. The van der Waals surface area contributed by atoms with E-state index < -0.39 is 0 Å². The van der Waals surface area contributed by atoms with E-state index >= 15 is 0 Å². The maximum atomic E-state index is 12.9. The molecule has 1 saturated heterocycles. The van der Waals surface area contributed by atoms with Crippen molar-refractivity contribution in [2.75, 3.05) is 19.7 Å². The highest BCUT2D eigenvalue weighted by Gasteiger charge is 2.34. The second kappa shape index (κ2) is 6.01. The Morgan fingerprint density at radius 2 is 2.25 bits per heavy atom. The highest BCUT2D eigenvalue weighted by atomic mass is 16.5. The van der Waals surface area contributed by atoms with Crippen molar-refractivity contribution in [3.05, 3.63) is 29.2 Å². The van der Waals surface area contributed by atoms with Crippen molar-refractivity contribution in [3.63, 3.8) is 0 Å². The molecule has 8 heteroatoms. The van der Waals surface area contributed by atoms with Crippen LogP contribution in [0.1, 0.15) is 72.4 Å². The Morgan fingerprint density at radius 3 is 2.96 bits per heavy atom. The van der Waals surface area contributed by atoms with Crippen LogP contribution in [0.25, 0.3) is 0 Å². The van der Waals surface area contributed by atoms with E-state index in [4.69, 9.17) is 9.26 Å². The van der Waals surface area contributed by atoms with Crippen molar-refractivity contribution >= 4 is 5.91 Å². The van der Waals surface area contributed by atoms with Gasteiger partial charge in [-0.2, -0.15) is 10.1 Å². The maximum Gasteiger partial charge on any atom is 0.257 e. The number of carbonyl (C=O) groups is 1. The largest absolute Gasteiger partial charge is 0.366 e. The number of H-pyrrole nitrogens is 1. The van der Waals surface area contributed by atoms with Crippen LogP contribution in [0, 0.1) is 0 Å². The second-order valence-electron chi connectivity index (χ2n) is 6.73. The Bertz CT molecular complexity index is 734. The minimum Gasteiger partial charge on any atom is -0.366 e. The molecule has 1 amide bonds. The average molecular weight is 331 g/mol. The number of aromatic amines is 1. The summed E-state index contributed by atoms with van der Waals surface area (Å²) in [5.41, 5.74) is 1.64. The molecule has 1 N–H and O–H groups in total. The first-order valence-corrected chi connectivity index (χ1v) is 8.41. The molecule has 0 spiro atoms. The summed E-state index contributed by atoms with van der Waals surface area (Å²) in [6, 6.07) is 0. The fraction of sp³-hybridized carbons (Fsp3) is 0.625. The Balaban J connectivity index is 1.49. The molecule has 2 aliphatic rings. The molecule has 1 aliphatic carbocycles. The SMILES string of the molecule is CC(C)c1nc(C2CN(C(=O)c3cn[nH]c3C3CC3)CCO2)no1. The molecule has 1 unspecified atom stereocenters. The van der Waals surface area contributed by atoms with E-state index in [1.807, 2.05) is 13.8 Å². The van der Waals surface area contributed by atoms with Gasteiger partial charge < -0.3 is 14.2 Å². The number of ether oxygens (including phenoxy) is 1. The van der Waals surface area contributed by atoms with Gasteiger partial charge in [-0.15, -0.1) is 0 Å². The molecule has 1 saturated carbocycles. The third-order valence-corrected chi connectivity index (χ3v) is 4.48. The van der Waals surface area contributed by atoms with Crippen molar-refractivity contribution in [1.82, 2.24) is 25.2 Å². The summed E-state index contributed by atoms with van der Waals surface area (Å²) < 4.78 is 11.0. The second-order valence-corrected chi connectivity index (χ2v) is 6.73. The van der Waals surface area contributed by atoms with E-state index in [9.17, 15) is 4.79 Å². The van der Waals surface area contributed by atoms with Crippen LogP contribution in [0.2, 0.25) is 0 Å². The number of aromatic nitrogens is 4. The number of amides is 1. The summed E-state index contributed by atoms with van der Waals surface area (Å²) in [6.07, 6.45) is 3.52.